The maximum Gasteiger partial charge on any atom is 0.322 e. The van der Waals surface area contributed by atoms with Crippen molar-refractivity contribution in [2.24, 2.45) is 0 Å². The third-order valence-corrected chi connectivity index (χ3v) is 11.4. The Kier molecular flexibility index (Phi) is 12.3. The van der Waals surface area contributed by atoms with Gasteiger partial charge in [0.2, 0.25) is 5.91 Å². The van der Waals surface area contributed by atoms with E-state index in [0.29, 0.717) is 79.9 Å². The van der Waals surface area contributed by atoms with Crippen molar-refractivity contribution in [3.05, 3.63) is 86.3 Å². The first-order chi connectivity index (χ1) is 25.1. The fraction of sp³-hybridized carbons (Fsp3) is 0.421. The molecule has 4 N–H and O–H groups in total. The van der Waals surface area contributed by atoms with Crippen molar-refractivity contribution in [2.75, 3.05) is 68.4 Å². The number of anilines is 3. The Balaban J connectivity index is 1.08. The number of fused-ring (bicyclic) bond motifs is 1. The topological polar surface area (TPSA) is 141 Å². The van der Waals surface area contributed by atoms with Crippen LogP contribution >= 0.6 is 31.9 Å². The summed E-state index contributed by atoms with van der Waals surface area (Å²) in [5.41, 5.74) is 11.4. The summed E-state index contributed by atoms with van der Waals surface area (Å²) in [6.45, 7) is 5.98. The number of urea groups is 2. The van der Waals surface area contributed by atoms with E-state index in [1.54, 1.807) is 11.8 Å². The van der Waals surface area contributed by atoms with Gasteiger partial charge in [-0.25, -0.2) is 9.59 Å². The van der Waals surface area contributed by atoms with Crippen LogP contribution in [0.2, 0.25) is 0 Å². The minimum atomic E-state index is -0.795. The first-order valence-corrected chi connectivity index (χ1v) is 19.4. The zero-order chi connectivity index (χ0) is 36.8. The van der Waals surface area contributed by atoms with Crippen molar-refractivity contribution in [2.45, 2.75) is 51.1 Å². The summed E-state index contributed by atoms with van der Waals surface area (Å²) in [6, 6.07) is 18.3. The Bertz CT molecular complexity index is 1750. The first kappa shape index (κ1) is 37.5. The number of carbonyl (C=O) groups excluding carboxylic acids is 4. The molecule has 0 aromatic heterocycles. The molecule has 0 aliphatic carbocycles. The van der Waals surface area contributed by atoms with Gasteiger partial charge in [-0.15, -0.1) is 0 Å². The average Bonchev–Trinajstić information content (AvgIpc) is 3.31. The number of hydrogen-bond acceptors (Lipinski definition) is 7. The second-order valence-electron chi connectivity index (χ2n) is 13.4. The maximum atomic E-state index is 14.2. The molecule has 0 saturated carbocycles. The molecular weight excluding hydrogens is 794 g/mol. The SMILES string of the molecule is CCOC(=O)Cc1ccc(N2CCN(C(=O)[C@@H](Cc3cc(Br)c(N)c(Br)c3)NC(=O)N3CCC(N4CCc5ccccc5NC4=O)CC3)CC2)cc1. The standard InChI is InChI=1S/C38H45Br2N7O5/c1-2-52-34(48)24-25-7-9-28(10-8-25)44-17-19-45(20-18-44)36(49)33(23-26-21-30(39)35(41)31(40)22-26)43-37(50)46-14-12-29(13-15-46)47-16-11-27-5-3-4-6-32(27)42-38(47)51/h3-10,21-22,29,33H,2,11-20,23-24,41H2,1H3,(H,42,51)(H,43,50)/t33-/m1/s1. The second-order valence-corrected chi connectivity index (χ2v) is 15.1. The van der Waals surface area contributed by atoms with Crippen LogP contribution in [0.15, 0.2) is 69.6 Å². The van der Waals surface area contributed by atoms with E-state index in [1.165, 1.54) is 0 Å². The van der Waals surface area contributed by atoms with Gasteiger partial charge < -0.3 is 40.7 Å². The lowest BCUT2D eigenvalue weighted by atomic mass is 10.0. The number of esters is 1. The summed E-state index contributed by atoms with van der Waals surface area (Å²) in [4.78, 5) is 60.6. The average molecular weight is 840 g/mol. The number of piperidine rings is 1. The molecule has 12 nitrogen and oxygen atoms in total. The summed E-state index contributed by atoms with van der Waals surface area (Å²) in [7, 11) is 0. The van der Waals surface area contributed by atoms with E-state index in [9.17, 15) is 19.2 Å². The largest absolute Gasteiger partial charge is 0.466 e. The molecule has 276 valence electrons. The number of nitrogens with zero attached hydrogens (tertiary/aromatic N) is 4. The molecule has 3 aromatic rings. The van der Waals surface area contributed by atoms with Crippen LogP contribution in [0.1, 0.15) is 36.5 Å². The number of benzene rings is 3. The van der Waals surface area contributed by atoms with Crippen molar-refractivity contribution in [1.82, 2.24) is 20.0 Å². The van der Waals surface area contributed by atoms with Gasteiger partial charge in [0.05, 0.1) is 18.7 Å². The van der Waals surface area contributed by atoms with E-state index in [2.05, 4.69) is 47.4 Å². The highest BCUT2D eigenvalue weighted by atomic mass is 79.9. The number of nitrogen functional groups attached to an aromatic ring is 1. The highest BCUT2D eigenvalue weighted by Crippen LogP contribution is 2.31. The number of piperazine rings is 1. The molecule has 5 amide bonds. The normalized spacial score (nSPS) is 17.2. The number of amides is 5. The number of ether oxygens (including phenoxy) is 1. The van der Waals surface area contributed by atoms with Crippen LogP contribution in [-0.4, -0.2) is 103 Å². The van der Waals surface area contributed by atoms with Crippen molar-refractivity contribution in [1.29, 1.82) is 0 Å². The van der Waals surface area contributed by atoms with Crippen LogP contribution in [0.25, 0.3) is 0 Å². The third-order valence-electron chi connectivity index (χ3n) is 10.1. The molecule has 0 bridgehead atoms. The van der Waals surface area contributed by atoms with Crippen molar-refractivity contribution >= 4 is 72.9 Å². The van der Waals surface area contributed by atoms with Gasteiger partial charge in [-0.05, 0) is 105 Å². The molecule has 1 atom stereocenters. The molecule has 3 heterocycles. The van der Waals surface area contributed by atoms with E-state index in [4.69, 9.17) is 10.5 Å². The summed E-state index contributed by atoms with van der Waals surface area (Å²) < 4.78 is 6.48. The molecular formula is C38H45Br2N7O5. The van der Waals surface area contributed by atoms with Gasteiger partial charge in [0.25, 0.3) is 0 Å². The molecule has 3 aromatic carbocycles. The Morgan fingerprint density at radius 3 is 2.25 bits per heavy atom. The van der Waals surface area contributed by atoms with Crippen molar-refractivity contribution < 1.29 is 23.9 Å². The number of carbonyl (C=O) groups is 4. The van der Waals surface area contributed by atoms with Gasteiger partial charge in [-0.1, -0.05) is 30.3 Å². The van der Waals surface area contributed by atoms with Crippen LogP contribution in [0.5, 0.6) is 0 Å². The van der Waals surface area contributed by atoms with Crippen LogP contribution in [0.3, 0.4) is 0 Å². The first-order valence-electron chi connectivity index (χ1n) is 17.8. The monoisotopic (exact) mass is 837 g/mol. The zero-order valence-electron chi connectivity index (χ0n) is 29.3. The fourth-order valence-corrected chi connectivity index (χ4v) is 8.44. The second kappa shape index (κ2) is 17.0. The molecule has 14 heteroatoms. The summed E-state index contributed by atoms with van der Waals surface area (Å²) in [5.74, 6) is -0.391. The number of hydrogen-bond donors (Lipinski definition) is 3. The number of rotatable bonds is 9. The van der Waals surface area contributed by atoms with Crippen molar-refractivity contribution in [3.8, 4) is 0 Å². The van der Waals surface area contributed by atoms with E-state index in [1.807, 2.05) is 70.5 Å². The van der Waals surface area contributed by atoms with Gasteiger partial charge in [0.15, 0.2) is 0 Å². The molecule has 52 heavy (non-hydrogen) atoms. The number of nitrogens with two attached hydrogens (primary N) is 1. The van der Waals surface area contributed by atoms with Gasteiger partial charge in [-0.3, -0.25) is 9.59 Å². The number of halogens is 2. The minimum Gasteiger partial charge on any atom is -0.466 e. The Morgan fingerprint density at radius 1 is 0.904 bits per heavy atom. The number of likely N-dealkylation sites (tertiary alicyclic amines) is 1. The number of nitrogens with one attached hydrogen (secondary N) is 2. The van der Waals surface area contributed by atoms with Crippen LogP contribution < -0.4 is 21.3 Å². The summed E-state index contributed by atoms with van der Waals surface area (Å²) in [5, 5.41) is 6.13. The van der Waals surface area contributed by atoms with Gasteiger partial charge in [0, 0.05) is 78.6 Å². The molecule has 2 fully saturated rings. The highest BCUT2D eigenvalue weighted by molar-refractivity contribution is 9.11. The van der Waals surface area contributed by atoms with Gasteiger partial charge in [0.1, 0.15) is 6.04 Å². The minimum absolute atomic E-state index is 0.0188. The number of para-hydroxylation sites is 1. The lowest BCUT2D eigenvalue weighted by Crippen LogP contribution is -2.58. The Labute approximate surface area is 321 Å². The summed E-state index contributed by atoms with van der Waals surface area (Å²) in [6.07, 6.45) is 2.59. The smallest absolute Gasteiger partial charge is 0.322 e. The lowest BCUT2D eigenvalue weighted by molar-refractivity contribution is -0.142. The van der Waals surface area contributed by atoms with Crippen LogP contribution in [0, 0.1) is 0 Å². The molecule has 3 aliphatic rings. The Hall–Kier alpha value is -4.30. The lowest BCUT2D eigenvalue weighted by Gasteiger charge is -2.39. The van der Waals surface area contributed by atoms with Gasteiger partial charge >= 0.3 is 18.0 Å². The van der Waals surface area contributed by atoms with Crippen LogP contribution in [-0.2, 0) is 33.6 Å². The molecule has 0 unspecified atom stereocenters. The zero-order valence-corrected chi connectivity index (χ0v) is 32.5. The van der Waals surface area contributed by atoms with E-state index in [0.717, 1.165) is 34.5 Å². The highest BCUT2D eigenvalue weighted by Gasteiger charge is 2.34. The molecule has 0 radical (unpaired) electrons. The predicted molar refractivity (Wildman–Crippen MR) is 208 cm³/mol. The Morgan fingerprint density at radius 2 is 1.58 bits per heavy atom. The van der Waals surface area contributed by atoms with E-state index in [-0.39, 0.29) is 42.8 Å². The van der Waals surface area contributed by atoms with Crippen LogP contribution in [0.4, 0.5) is 26.7 Å². The molecule has 2 saturated heterocycles. The third kappa shape index (κ3) is 9.00. The molecule has 6 rings (SSSR count). The fourth-order valence-electron chi connectivity index (χ4n) is 7.16. The predicted octanol–water partition coefficient (Wildman–Crippen LogP) is 5.42. The van der Waals surface area contributed by atoms with E-state index >= 15 is 0 Å². The van der Waals surface area contributed by atoms with E-state index < -0.39 is 6.04 Å². The maximum absolute atomic E-state index is 14.2. The quantitative estimate of drug-likeness (QED) is 0.193. The summed E-state index contributed by atoms with van der Waals surface area (Å²) >= 11 is 7.03. The molecule has 0 spiro atoms. The van der Waals surface area contributed by atoms with Gasteiger partial charge in [-0.2, -0.15) is 0 Å². The molecule has 3 aliphatic heterocycles. The van der Waals surface area contributed by atoms with Crippen molar-refractivity contribution in [3.63, 3.8) is 0 Å².